The fourth-order valence-corrected chi connectivity index (χ4v) is 3.35. The van der Waals surface area contributed by atoms with E-state index in [-0.39, 0.29) is 17.9 Å². The Hall–Kier alpha value is -1.46. The van der Waals surface area contributed by atoms with Crippen molar-refractivity contribution in [2.24, 2.45) is 5.41 Å². The molecule has 4 nitrogen and oxygen atoms in total. The van der Waals surface area contributed by atoms with E-state index < -0.39 is 5.41 Å². The number of nitrogens with zero attached hydrogens (tertiary/aromatic N) is 1. The molecule has 1 aromatic rings. The standard InChI is InChI=1S/C19H28FNO3/c1-3-24-18(23)19(14-16-5-4-6-17(20)13-16)8-11-21(12-9-19)10-7-15(2)22/h4-6,13,15,22H,3,7-12,14H2,1-2H3. The summed E-state index contributed by atoms with van der Waals surface area (Å²) in [6, 6.07) is 6.46. The minimum absolute atomic E-state index is 0.176. The number of aliphatic hydroxyl groups excluding tert-OH is 1. The molecule has 0 aromatic heterocycles. The van der Waals surface area contributed by atoms with Gasteiger partial charge in [0.15, 0.2) is 0 Å². The van der Waals surface area contributed by atoms with Gasteiger partial charge in [0.2, 0.25) is 0 Å². The van der Waals surface area contributed by atoms with Gasteiger partial charge in [0.25, 0.3) is 0 Å². The Bertz CT molecular complexity index is 539. The number of hydrogen-bond acceptors (Lipinski definition) is 4. The van der Waals surface area contributed by atoms with E-state index in [9.17, 15) is 14.3 Å². The predicted octanol–water partition coefficient (Wildman–Crippen LogP) is 2.78. The lowest BCUT2D eigenvalue weighted by atomic mass is 9.73. The Morgan fingerprint density at radius 2 is 2.12 bits per heavy atom. The molecule has 1 heterocycles. The molecule has 2 rings (SSSR count). The molecule has 0 bridgehead atoms. The summed E-state index contributed by atoms with van der Waals surface area (Å²) >= 11 is 0. The molecule has 1 saturated heterocycles. The Kier molecular flexibility index (Phi) is 6.75. The average Bonchev–Trinajstić information content (AvgIpc) is 2.54. The van der Waals surface area contributed by atoms with Gasteiger partial charge in [0.1, 0.15) is 5.82 Å². The lowest BCUT2D eigenvalue weighted by Crippen LogP contribution is -2.47. The van der Waals surface area contributed by atoms with Gasteiger partial charge >= 0.3 is 5.97 Å². The molecule has 0 amide bonds. The van der Waals surface area contributed by atoms with Crippen LogP contribution in [-0.4, -0.2) is 48.3 Å². The molecule has 1 aliphatic heterocycles. The zero-order chi connectivity index (χ0) is 17.6. The minimum atomic E-state index is -0.578. The molecule has 1 aromatic carbocycles. The first-order valence-electron chi connectivity index (χ1n) is 8.77. The minimum Gasteiger partial charge on any atom is -0.466 e. The molecular weight excluding hydrogens is 309 g/mol. The number of aliphatic hydroxyl groups is 1. The zero-order valence-corrected chi connectivity index (χ0v) is 14.6. The molecule has 5 heteroatoms. The maximum Gasteiger partial charge on any atom is 0.312 e. The normalized spacial score (nSPS) is 19.0. The van der Waals surface area contributed by atoms with Crippen LogP contribution in [0.3, 0.4) is 0 Å². The number of esters is 1. The Balaban J connectivity index is 2.07. The highest BCUT2D eigenvalue weighted by molar-refractivity contribution is 5.77. The number of carbonyl (C=O) groups excluding carboxylic acids is 1. The third-order valence-electron chi connectivity index (χ3n) is 4.82. The fourth-order valence-electron chi connectivity index (χ4n) is 3.35. The number of carbonyl (C=O) groups is 1. The molecule has 1 atom stereocenters. The summed E-state index contributed by atoms with van der Waals surface area (Å²) in [5.74, 6) is -0.453. The second-order valence-corrected chi connectivity index (χ2v) is 6.79. The number of piperidine rings is 1. The number of hydrogen-bond donors (Lipinski definition) is 1. The summed E-state index contributed by atoms with van der Waals surface area (Å²) in [7, 11) is 0. The van der Waals surface area contributed by atoms with Gasteiger partial charge in [-0.15, -0.1) is 0 Å². The van der Waals surface area contributed by atoms with Gasteiger partial charge in [-0.05, 0) is 70.3 Å². The largest absolute Gasteiger partial charge is 0.466 e. The van der Waals surface area contributed by atoms with Crippen LogP contribution in [0.15, 0.2) is 24.3 Å². The van der Waals surface area contributed by atoms with Gasteiger partial charge in [-0.25, -0.2) is 4.39 Å². The summed E-state index contributed by atoms with van der Waals surface area (Å²) < 4.78 is 18.8. The first-order chi connectivity index (χ1) is 11.4. The smallest absolute Gasteiger partial charge is 0.312 e. The van der Waals surface area contributed by atoms with E-state index in [1.54, 1.807) is 13.0 Å². The Labute approximate surface area is 143 Å². The molecule has 24 heavy (non-hydrogen) atoms. The van der Waals surface area contributed by atoms with Crippen LogP contribution in [0.1, 0.15) is 38.7 Å². The quantitative estimate of drug-likeness (QED) is 0.777. The Morgan fingerprint density at radius 3 is 2.71 bits per heavy atom. The maximum atomic E-state index is 13.5. The highest BCUT2D eigenvalue weighted by atomic mass is 19.1. The van der Waals surface area contributed by atoms with Crippen molar-refractivity contribution in [1.29, 1.82) is 0 Å². The first kappa shape index (κ1) is 18.9. The number of benzene rings is 1. The van der Waals surface area contributed by atoms with Gasteiger partial charge in [0.05, 0.1) is 18.1 Å². The van der Waals surface area contributed by atoms with Crippen LogP contribution in [0.25, 0.3) is 0 Å². The average molecular weight is 337 g/mol. The number of rotatable bonds is 7. The number of likely N-dealkylation sites (tertiary alicyclic amines) is 1. The molecule has 1 fully saturated rings. The van der Waals surface area contributed by atoms with Crippen LogP contribution in [0.4, 0.5) is 4.39 Å². The second-order valence-electron chi connectivity index (χ2n) is 6.79. The molecule has 1 unspecified atom stereocenters. The van der Waals surface area contributed by atoms with Crippen molar-refractivity contribution in [3.8, 4) is 0 Å². The van der Waals surface area contributed by atoms with Crippen LogP contribution >= 0.6 is 0 Å². The SMILES string of the molecule is CCOC(=O)C1(Cc2cccc(F)c2)CCN(CCC(C)O)CC1. The number of halogens is 1. The first-order valence-corrected chi connectivity index (χ1v) is 8.77. The zero-order valence-electron chi connectivity index (χ0n) is 14.6. The van der Waals surface area contributed by atoms with E-state index in [1.165, 1.54) is 12.1 Å². The summed E-state index contributed by atoms with van der Waals surface area (Å²) in [5.41, 5.74) is 0.256. The van der Waals surface area contributed by atoms with Gasteiger partial charge in [-0.3, -0.25) is 4.79 Å². The van der Waals surface area contributed by atoms with Crippen LogP contribution in [-0.2, 0) is 16.0 Å². The third-order valence-corrected chi connectivity index (χ3v) is 4.82. The lowest BCUT2D eigenvalue weighted by molar-refractivity contribution is -0.158. The molecular formula is C19H28FNO3. The molecule has 0 spiro atoms. The molecule has 134 valence electrons. The fraction of sp³-hybridized carbons (Fsp3) is 0.632. The van der Waals surface area contributed by atoms with Crippen molar-refractivity contribution in [2.75, 3.05) is 26.2 Å². The molecule has 1 N–H and O–H groups in total. The van der Waals surface area contributed by atoms with E-state index in [0.717, 1.165) is 31.6 Å². The van der Waals surface area contributed by atoms with Gasteiger partial charge in [0, 0.05) is 6.54 Å². The predicted molar refractivity (Wildman–Crippen MR) is 91.1 cm³/mol. The van der Waals surface area contributed by atoms with E-state index in [2.05, 4.69) is 4.90 Å². The van der Waals surface area contributed by atoms with Crippen LogP contribution in [0.2, 0.25) is 0 Å². The van der Waals surface area contributed by atoms with Crippen molar-refractivity contribution in [3.63, 3.8) is 0 Å². The van der Waals surface area contributed by atoms with Crippen LogP contribution < -0.4 is 0 Å². The van der Waals surface area contributed by atoms with Crippen molar-refractivity contribution in [3.05, 3.63) is 35.6 Å². The third kappa shape index (κ3) is 5.02. The second kappa shape index (κ2) is 8.58. The van der Waals surface area contributed by atoms with E-state index in [1.807, 2.05) is 13.0 Å². The maximum absolute atomic E-state index is 13.5. The molecule has 0 saturated carbocycles. The summed E-state index contributed by atoms with van der Waals surface area (Å²) in [5, 5.41) is 9.43. The summed E-state index contributed by atoms with van der Waals surface area (Å²) in [4.78, 5) is 14.9. The van der Waals surface area contributed by atoms with Gasteiger partial charge in [-0.2, -0.15) is 0 Å². The van der Waals surface area contributed by atoms with Crippen LogP contribution in [0, 0.1) is 11.2 Å². The van der Waals surface area contributed by atoms with Crippen molar-refractivity contribution >= 4 is 5.97 Å². The summed E-state index contributed by atoms with van der Waals surface area (Å²) in [6.45, 7) is 6.37. The summed E-state index contributed by atoms with van der Waals surface area (Å²) in [6.07, 6.45) is 2.32. The highest BCUT2D eigenvalue weighted by Crippen LogP contribution is 2.37. The monoisotopic (exact) mass is 337 g/mol. The van der Waals surface area contributed by atoms with Gasteiger partial charge in [-0.1, -0.05) is 12.1 Å². The van der Waals surface area contributed by atoms with Crippen molar-refractivity contribution in [1.82, 2.24) is 4.90 Å². The molecule has 1 aliphatic rings. The van der Waals surface area contributed by atoms with E-state index in [0.29, 0.717) is 25.9 Å². The lowest BCUT2D eigenvalue weighted by Gasteiger charge is -2.40. The highest BCUT2D eigenvalue weighted by Gasteiger charge is 2.42. The van der Waals surface area contributed by atoms with Gasteiger partial charge < -0.3 is 14.7 Å². The molecule has 0 radical (unpaired) electrons. The van der Waals surface area contributed by atoms with E-state index in [4.69, 9.17) is 4.74 Å². The van der Waals surface area contributed by atoms with Crippen LogP contribution in [0.5, 0.6) is 0 Å². The Morgan fingerprint density at radius 1 is 1.42 bits per heavy atom. The van der Waals surface area contributed by atoms with Crippen molar-refractivity contribution < 1.29 is 19.0 Å². The van der Waals surface area contributed by atoms with E-state index >= 15 is 0 Å². The topological polar surface area (TPSA) is 49.8 Å². The van der Waals surface area contributed by atoms with Crippen molar-refractivity contribution in [2.45, 2.75) is 45.6 Å². The molecule has 0 aliphatic carbocycles. The number of ether oxygens (including phenoxy) is 1.